The molecule has 3 rings (SSSR count). The second-order valence-electron chi connectivity index (χ2n) is 5.82. The Hall–Kier alpha value is -2.90. The number of nitrogens with zero attached hydrogens (tertiary/aromatic N) is 2. The molecule has 2 amide bonds. The molecule has 1 saturated carbocycles. The topological polar surface area (TPSA) is 115 Å². The van der Waals surface area contributed by atoms with Gasteiger partial charge < -0.3 is 0 Å². The van der Waals surface area contributed by atoms with Crippen molar-refractivity contribution < 1.29 is 24.1 Å². The Balaban J connectivity index is 2.11. The molecule has 2 aliphatic rings. The molecule has 0 spiro atoms. The Bertz CT molecular complexity index is 799. The van der Waals surface area contributed by atoms with Gasteiger partial charge in [0.2, 0.25) is 0 Å². The third kappa shape index (κ3) is 1.98. The average Bonchev–Trinajstić information content (AvgIpc) is 2.76. The maximum Gasteiger partial charge on any atom is 0.282 e. The summed E-state index contributed by atoms with van der Waals surface area (Å²) in [6.07, 6.45) is -0.229. The van der Waals surface area contributed by atoms with Crippen molar-refractivity contribution in [1.82, 2.24) is 4.90 Å². The average molecular weight is 316 g/mol. The van der Waals surface area contributed by atoms with E-state index in [9.17, 15) is 29.3 Å². The van der Waals surface area contributed by atoms with Crippen LogP contribution in [0.3, 0.4) is 0 Å². The van der Waals surface area contributed by atoms with E-state index in [1.165, 1.54) is 19.1 Å². The second-order valence-corrected chi connectivity index (χ2v) is 5.82. The monoisotopic (exact) mass is 316 g/mol. The van der Waals surface area contributed by atoms with Crippen molar-refractivity contribution in [2.45, 2.75) is 31.7 Å². The molecule has 1 aromatic rings. The minimum Gasteiger partial charge on any atom is -0.299 e. The molecule has 118 valence electrons. The summed E-state index contributed by atoms with van der Waals surface area (Å²) >= 11 is 0. The van der Waals surface area contributed by atoms with Crippen LogP contribution in [0.4, 0.5) is 5.69 Å². The summed E-state index contributed by atoms with van der Waals surface area (Å²) in [6, 6.07) is 3.78. The van der Waals surface area contributed by atoms with Crippen molar-refractivity contribution in [1.29, 1.82) is 0 Å². The molecule has 1 atom stereocenters. The molecule has 8 nitrogen and oxygen atoms in total. The summed E-state index contributed by atoms with van der Waals surface area (Å²) < 4.78 is 0. The van der Waals surface area contributed by atoms with Gasteiger partial charge in [-0.25, -0.2) is 0 Å². The number of carbonyl (C=O) groups is 4. The number of nitro groups is 1. The first-order valence-corrected chi connectivity index (χ1v) is 6.98. The normalized spacial score (nSPS) is 24.1. The van der Waals surface area contributed by atoms with Gasteiger partial charge in [-0.05, 0) is 19.4 Å². The zero-order valence-electron chi connectivity index (χ0n) is 12.2. The first-order valence-electron chi connectivity index (χ1n) is 6.98. The van der Waals surface area contributed by atoms with Crippen molar-refractivity contribution in [3.05, 3.63) is 39.4 Å². The van der Waals surface area contributed by atoms with Gasteiger partial charge >= 0.3 is 0 Å². The number of ketones is 2. The number of rotatable bonds is 2. The van der Waals surface area contributed by atoms with Crippen molar-refractivity contribution in [3.8, 4) is 0 Å². The number of fused-ring (bicyclic) bond motifs is 1. The smallest absolute Gasteiger partial charge is 0.282 e. The predicted octanol–water partition coefficient (Wildman–Crippen LogP) is 1.27. The summed E-state index contributed by atoms with van der Waals surface area (Å²) in [5, 5.41) is 11.1. The van der Waals surface area contributed by atoms with Gasteiger partial charge in [-0.1, -0.05) is 6.07 Å². The lowest BCUT2D eigenvalue weighted by molar-refractivity contribution is -0.385. The number of amides is 2. The fourth-order valence-corrected chi connectivity index (χ4v) is 3.08. The van der Waals surface area contributed by atoms with E-state index in [2.05, 4.69) is 0 Å². The van der Waals surface area contributed by atoms with E-state index in [0.29, 0.717) is 0 Å². The zero-order valence-corrected chi connectivity index (χ0v) is 12.2. The maximum absolute atomic E-state index is 12.6. The highest BCUT2D eigenvalue weighted by Crippen LogP contribution is 2.38. The van der Waals surface area contributed by atoms with E-state index >= 15 is 0 Å². The molecule has 1 aliphatic heterocycles. The molecule has 0 aromatic heterocycles. The second kappa shape index (κ2) is 4.80. The van der Waals surface area contributed by atoms with Crippen LogP contribution in [0.15, 0.2) is 18.2 Å². The van der Waals surface area contributed by atoms with Gasteiger partial charge in [0.1, 0.15) is 16.9 Å². The fourth-order valence-electron chi connectivity index (χ4n) is 3.08. The maximum atomic E-state index is 12.6. The number of hydrogen-bond donors (Lipinski definition) is 0. The SMILES string of the molecule is CC1(N2C(=O)c3cccc([N+](=O)[O-])c3C2=O)CCC(=O)CC1=O. The summed E-state index contributed by atoms with van der Waals surface area (Å²) in [5.74, 6) is -2.36. The van der Waals surface area contributed by atoms with Crippen LogP contribution in [-0.4, -0.2) is 38.7 Å². The first-order chi connectivity index (χ1) is 10.8. The number of Topliss-reactive ketones (excluding diaryl/α,β-unsaturated/α-hetero) is 2. The largest absolute Gasteiger partial charge is 0.299 e. The molecule has 1 unspecified atom stereocenters. The van der Waals surface area contributed by atoms with Crippen LogP contribution in [0.5, 0.6) is 0 Å². The summed E-state index contributed by atoms with van der Waals surface area (Å²) in [5.41, 5.74) is -2.30. The minimum absolute atomic E-state index is 0.0317. The number of benzene rings is 1. The Morgan fingerprint density at radius 2 is 1.87 bits per heavy atom. The van der Waals surface area contributed by atoms with Crippen LogP contribution in [-0.2, 0) is 9.59 Å². The molecule has 1 aliphatic carbocycles. The summed E-state index contributed by atoms with van der Waals surface area (Å²) in [4.78, 5) is 60.0. The van der Waals surface area contributed by atoms with Crippen molar-refractivity contribution in [3.63, 3.8) is 0 Å². The quantitative estimate of drug-likeness (QED) is 0.351. The predicted molar refractivity (Wildman–Crippen MR) is 75.9 cm³/mol. The van der Waals surface area contributed by atoms with Crippen molar-refractivity contribution >= 4 is 29.1 Å². The number of hydrogen-bond acceptors (Lipinski definition) is 6. The summed E-state index contributed by atoms with van der Waals surface area (Å²) in [7, 11) is 0. The number of imide groups is 1. The molecule has 1 fully saturated rings. The summed E-state index contributed by atoms with van der Waals surface area (Å²) in [6.45, 7) is 1.43. The molecule has 0 saturated heterocycles. The van der Waals surface area contributed by atoms with Gasteiger partial charge in [-0.2, -0.15) is 0 Å². The van der Waals surface area contributed by atoms with Gasteiger partial charge in [-0.15, -0.1) is 0 Å². The third-order valence-electron chi connectivity index (χ3n) is 4.43. The van der Waals surface area contributed by atoms with E-state index in [0.717, 1.165) is 11.0 Å². The van der Waals surface area contributed by atoms with E-state index in [1.54, 1.807) is 0 Å². The van der Waals surface area contributed by atoms with Gasteiger partial charge in [0, 0.05) is 12.5 Å². The number of carbonyl (C=O) groups excluding carboxylic acids is 4. The Labute approximate surface area is 130 Å². The van der Waals surface area contributed by atoms with Crippen LogP contribution in [0.25, 0.3) is 0 Å². The molecule has 8 heteroatoms. The lowest BCUT2D eigenvalue weighted by Gasteiger charge is -2.38. The highest BCUT2D eigenvalue weighted by atomic mass is 16.6. The fraction of sp³-hybridized carbons (Fsp3) is 0.333. The van der Waals surface area contributed by atoms with E-state index in [1.807, 2.05) is 0 Å². The van der Waals surface area contributed by atoms with Crippen LogP contribution < -0.4 is 0 Å². The number of nitro benzene ring substituents is 1. The molecule has 1 aromatic carbocycles. The van der Waals surface area contributed by atoms with E-state index in [4.69, 9.17) is 0 Å². The highest BCUT2D eigenvalue weighted by Gasteiger charge is 2.53. The van der Waals surface area contributed by atoms with Gasteiger partial charge in [-0.3, -0.25) is 34.2 Å². The lowest BCUT2D eigenvalue weighted by Crippen LogP contribution is -2.57. The first kappa shape index (κ1) is 15.0. The van der Waals surface area contributed by atoms with Crippen LogP contribution >= 0.6 is 0 Å². The van der Waals surface area contributed by atoms with Crippen LogP contribution in [0.1, 0.15) is 46.9 Å². The van der Waals surface area contributed by atoms with E-state index in [-0.39, 0.29) is 36.2 Å². The molecule has 0 bridgehead atoms. The zero-order chi connectivity index (χ0) is 16.9. The standard InChI is InChI=1S/C15H12N2O6/c1-15(6-5-8(18)7-11(15)19)16-13(20)9-3-2-4-10(17(22)23)12(9)14(16)21/h2-4H,5-7H2,1H3. The van der Waals surface area contributed by atoms with Gasteiger partial charge in [0.25, 0.3) is 17.5 Å². The molecule has 0 radical (unpaired) electrons. The van der Waals surface area contributed by atoms with Crippen molar-refractivity contribution in [2.24, 2.45) is 0 Å². The third-order valence-corrected chi connectivity index (χ3v) is 4.43. The molecule has 1 heterocycles. The minimum atomic E-state index is -1.45. The van der Waals surface area contributed by atoms with Gasteiger partial charge in [0.15, 0.2) is 5.78 Å². The van der Waals surface area contributed by atoms with Crippen LogP contribution in [0.2, 0.25) is 0 Å². The lowest BCUT2D eigenvalue weighted by atomic mass is 9.80. The Kier molecular flexibility index (Phi) is 3.13. The Morgan fingerprint density at radius 1 is 1.17 bits per heavy atom. The van der Waals surface area contributed by atoms with Crippen LogP contribution in [0, 0.1) is 10.1 Å². The highest BCUT2D eigenvalue weighted by molar-refractivity contribution is 6.26. The van der Waals surface area contributed by atoms with Crippen molar-refractivity contribution in [2.75, 3.05) is 0 Å². The molecular formula is C15H12N2O6. The molecular weight excluding hydrogens is 304 g/mol. The van der Waals surface area contributed by atoms with Gasteiger partial charge in [0.05, 0.1) is 16.9 Å². The van der Waals surface area contributed by atoms with E-state index < -0.39 is 33.7 Å². The Morgan fingerprint density at radius 3 is 2.48 bits per heavy atom. The molecule has 23 heavy (non-hydrogen) atoms. The molecule has 0 N–H and O–H groups in total.